The molecular formula is C13H20N2O3. The summed E-state index contributed by atoms with van der Waals surface area (Å²) in [6, 6.07) is 7.02. The summed E-state index contributed by atoms with van der Waals surface area (Å²) >= 11 is 0. The Morgan fingerprint density at radius 1 is 1.28 bits per heavy atom. The number of carbonyl (C=O) groups excluding carboxylic acids is 1. The summed E-state index contributed by atoms with van der Waals surface area (Å²) in [5.74, 6) is -0.198. The summed E-state index contributed by atoms with van der Waals surface area (Å²) in [5.41, 5.74) is 6.89. The lowest BCUT2D eigenvalue weighted by molar-refractivity contribution is -0.121. The number of carbonyl (C=O) groups is 1. The van der Waals surface area contributed by atoms with Crippen LogP contribution in [0.4, 0.5) is 11.4 Å². The minimum atomic E-state index is -0.198. The third-order valence-corrected chi connectivity index (χ3v) is 2.12. The van der Waals surface area contributed by atoms with Gasteiger partial charge in [0.15, 0.2) is 0 Å². The molecule has 1 rings (SSSR count). The summed E-state index contributed by atoms with van der Waals surface area (Å²) in [7, 11) is 0. The van der Waals surface area contributed by atoms with Gasteiger partial charge in [0.2, 0.25) is 5.91 Å². The predicted molar refractivity (Wildman–Crippen MR) is 71.4 cm³/mol. The number of benzene rings is 1. The Bertz CT molecular complexity index is 369. The number of nitrogens with one attached hydrogen (secondary N) is 1. The average Bonchev–Trinajstić information content (AvgIpc) is 2.33. The van der Waals surface area contributed by atoms with Crippen molar-refractivity contribution in [2.24, 2.45) is 0 Å². The molecule has 0 saturated heterocycles. The first kappa shape index (κ1) is 14.5. The van der Waals surface area contributed by atoms with Crippen LogP contribution in [0.15, 0.2) is 24.3 Å². The van der Waals surface area contributed by atoms with E-state index in [1.165, 1.54) is 0 Å². The third-order valence-electron chi connectivity index (χ3n) is 2.12. The topological polar surface area (TPSA) is 73.6 Å². The van der Waals surface area contributed by atoms with Crippen LogP contribution < -0.4 is 11.1 Å². The number of rotatable bonds is 8. The van der Waals surface area contributed by atoms with E-state index in [1.807, 2.05) is 6.92 Å². The largest absolute Gasteiger partial charge is 0.399 e. The number of amides is 1. The van der Waals surface area contributed by atoms with E-state index in [2.05, 4.69) is 5.32 Å². The maximum absolute atomic E-state index is 11.5. The molecule has 0 atom stereocenters. The zero-order valence-electron chi connectivity index (χ0n) is 10.6. The zero-order chi connectivity index (χ0) is 13.2. The van der Waals surface area contributed by atoms with Gasteiger partial charge in [-0.05, 0) is 24.6 Å². The number of hydrogen-bond donors (Lipinski definition) is 2. The van der Waals surface area contributed by atoms with Gasteiger partial charge in [-0.1, -0.05) is 13.0 Å². The normalized spacial score (nSPS) is 10.3. The van der Waals surface area contributed by atoms with Crippen LogP contribution in [0.25, 0.3) is 0 Å². The summed E-state index contributed by atoms with van der Waals surface area (Å²) in [4.78, 5) is 11.5. The third kappa shape index (κ3) is 6.22. The number of nitrogen functional groups attached to an aromatic ring is 1. The van der Waals surface area contributed by atoms with Crippen LogP contribution >= 0.6 is 0 Å². The van der Waals surface area contributed by atoms with Crippen LogP contribution in [0.3, 0.4) is 0 Å². The zero-order valence-corrected chi connectivity index (χ0v) is 10.6. The van der Waals surface area contributed by atoms with Crippen molar-refractivity contribution in [2.45, 2.75) is 13.3 Å². The molecule has 0 bridgehead atoms. The second kappa shape index (κ2) is 8.49. The molecule has 5 nitrogen and oxygen atoms in total. The van der Waals surface area contributed by atoms with E-state index in [0.29, 0.717) is 24.6 Å². The summed E-state index contributed by atoms with van der Waals surface area (Å²) < 4.78 is 10.4. The monoisotopic (exact) mass is 252 g/mol. The smallest absolute Gasteiger partial charge is 0.250 e. The molecule has 0 aliphatic carbocycles. The highest BCUT2D eigenvalue weighted by Gasteiger charge is 2.02. The van der Waals surface area contributed by atoms with E-state index in [9.17, 15) is 4.79 Å². The second-order valence-electron chi connectivity index (χ2n) is 3.84. The van der Waals surface area contributed by atoms with E-state index in [4.69, 9.17) is 15.2 Å². The van der Waals surface area contributed by atoms with Crippen LogP contribution in [-0.2, 0) is 14.3 Å². The summed E-state index contributed by atoms with van der Waals surface area (Å²) in [6.45, 7) is 3.72. The number of hydrogen-bond acceptors (Lipinski definition) is 4. The Morgan fingerprint density at radius 3 is 2.78 bits per heavy atom. The van der Waals surface area contributed by atoms with Crippen molar-refractivity contribution >= 4 is 17.3 Å². The quantitative estimate of drug-likeness (QED) is 0.545. The first-order chi connectivity index (χ1) is 8.72. The van der Waals surface area contributed by atoms with Crippen LogP contribution in [0.2, 0.25) is 0 Å². The molecule has 3 N–H and O–H groups in total. The second-order valence-corrected chi connectivity index (χ2v) is 3.84. The van der Waals surface area contributed by atoms with E-state index in [1.54, 1.807) is 24.3 Å². The Hall–Kier alpha value is -1.59. The fourth-order valence-corrected chi connectivity index (χ4v) is 1.34. The Kier molecular flexibility index (Phi) is 6.83. The Balaban J connectivity index is 2.14. The molecule has 1 aromatic rings. The van der Waals surface area contributed by atoms with Gasteiger partial charge < -0.3 is 20.5 Å². The lowest BCUT2D eigenvalue weighted by atomic mass is 10.3. The summed E-state index contributed by atoms with van der Waals surface area (Å²) in [6.07, 6.45) is 0.982. The highest BCUT2D eigenvalue weighted by atomic mass is 16.5. The molecule has 0 spiro atoms. The minimum absolute atomic E-state index is 0.0181. The van der Waals surface area contributed by atoms with Crippen molar-refractivity contribution < 1.29 is 14.3 Å². The molecule has 18 heavy (non-hydrogen) atoms. The molecule has 1 aromatic carbocycles. The SMILES string of the molecule is CCCOCCOCC(=O)Nc1cccc(N)c1. The Morgan fingerprint density at radius 2 is 2.06 bits per heavy atom. The molecule has 0 unspecified atom stereocenters. The summed E-state index contributed by atoms with van der Waals surface area (Å²) in [5, 5.41) is 2.70. The maximum Gasteiger partial charge on any atom is 0.250 e. The van der Waals surface area contributed by atoms with Gasteiger partial charge in [0.25, 0.3) is 0 Å². The number of ether oxygens (including phenoxy) is 2. The van der Waals surface area contributed by atoms with Crippen molar-refractivity contribution in [1.82, 2.24) is 0 Å². The molecular weight excluding hydrogens is 232 g/mol. The fraction of sp³-hybridized carbons (Fsp3) is 0.462. The lowest BCUT2D eigenvalue weighted by Crippen LogP contribution is -2.19. The van der Waals surface area contributed by atoms with Crippen molar-refractivity contribution in [3.8, 4) is 0 Å². The van der Waals surface area contributed by atoms with Gasteiger partial charge in [-0.25, -0.2) is 0 Å². The molecule has 1 amide bonds. The molecule has 0 aliphatic heterocycles. The first-order valence-corrected chi connectivity index (χ1v) is 6.03. The van der Waals surface area contributed by atoms with Crippen molar-refractivity contribution in [2.75, 3.05) is 37.5 Å². The predicted octanol–water partition coefficient (Wildman–Crippen LogP) is 1.65. The van der Waals surface area contributed by atoms with E-state index < -0.39 is 0 Å². The van der Waals surface area contributed by atoms with Crippen LogP contribution in [0, 0.1) is 0 Å². The molecule has 100 valence electrons. The first-order valence-electron chi connectivity index (χ1n) is 6.03. The Labute approximate surface area is 107 Å². The van der Waals surface area contributed by atoms with Gasteiger partial charge in [-0.15, -0.1) is 0 Å². The maximum atomic E-state index is 11.5. The van der Waals surface area contributed by atoms with Crippen LogP contribution in [0.5, 0.6) is 0 Å². The van der Waals surface area contributed by atoms with Crippen molar-refractivity contribution in [1.29, 1.82) is 0 Å². The highest BCUT2D eigenvalue weighted by molar-refractivity contribution is 5.92. The average molecular weight is 252 g/mol. The van der Waals surface area contributed by atoms with Gasteiger partial charge in [-0.3, -0.25) is 4.79 Å². The highest BCUT2D eigenvalue weighted by Crippen LogP contribution is 2.11. The molecule has 0 aromatic heterocycles. The molecule has 0 saturated carbocycles. The molecule has 0 fully saturated rings. The van der Waals surface area contributed by atoms with Crippen molar-refractivity contribution in [3.05, 3.63) is 24.3 Å². The molecule has 0 heterocycles. The van der Waals surface area contributed by atoms with Gasteiger partial charge in [-0.2, -0.15) is 0 Å². The standard InChI is InChI=1S/C13H20N2O3/c1-2-6-17-7-8-18-10-13(16)15-12-5-3-4-11(14)9-12/h3-5,9H,2,6-8,10,14H2,1H3,(H,15,16). The molecule has 0 radical (unpaired) electrons. The molecule has 0 aliphatic rings. The van der Waals surface area contributed by atoms with Crippen molar-refractivity contribution in [3.63, 3.8) is 0 Å². The van der Waals surface area contributed by atoms with E-state index >= 15 is 0 Å². The minimum Gasteiger partial charge on any atom is -0.399 e. The number of nitrogens with two attached hydrogens (primary N) is 1. The van der Waals surface area contributed by atoms with E-state index in [-0.39, 0.29) is 12.5 Å². The van der Waals surface area contributed by atoms with Gasteiger partial charge in [0, 0.05) is 18.0 Å². The van der Waals surface area contributed by atoms with Gasteiger partial charge in [0.1, 0.15) is 6.61 Å². The lowest BCUT2D eigenvalue weighted by Gasteiger charge is -2.07. The van der Waals surface area contributed by atoms with E-state index in [0.717, 1.165) is 13.0 Å². The fourth-order valence-electron chi connectivity index (χ4n) is 1.34. The van der Waals surface area contributed by atoms with Gasteiger partial charge in [0.05, 0.1) is 13.2 Å². The molecule has 5 heteroatoms. The van der Waals surface area contributed by atoms with Crippen LogP contribution in [0.1, 0.15) is 13.3 Å². The van der Waals surface area contributed by atoms with Gasteiger partial charge >= 0.3 is 0 Å². The van der Waals surface area contributed by atoms with Crippen LogP contribution in [-0.4, -0.2) is 32.3 Å². The number of anilines is 2.